The Labute approximate surface area is 197 Å². The van der Waals surface area contributed by atoms with Gasteiger partial charge >= 0.3 is 0 Å². The molecule has 0 heterocycles. The Morgan fingerprint density at radius 3 is 1.48 bits per heavy atom. The van der Waals surface area contributed by atoms with E-state index in [0.717, 1.165) is 0 Å². The molecule has 2 atom stereocenters. The smallest absolute Gasteiger partial charge is 0.0188 e. The van der Waals surface area contributed by atoms with Crippen LogP contribution in [0, 0.1) is 27.1 Å². The fourth-order valence-corrected chi connectivity index (χ4v) is 9.27. The van der Waals surface area contributed by atoms with E-state index in [9.17, 15) is 0 Å². The highest BCUT2D eigenvalue weighted by molar-refractivity contribution is 5.12. The standard InChI is InChI=1S/C30H59N/c1-12-24(5)31-25(6,7)30(14-3,15-4)28(10)22-20-27(9,21-23-28)29(11,13-2)26(8)18-16-17-19-26/h24,31H,12-23H2,1-11H3. The van der Waals surface area contributed by atoms with E-state index in [1.54, 1.807) is 0 Å². The molecule has 2 aliphatic carbocycles. The lowest BCUT2D eigenvalue weighted by Gasteiger charge is -2.64. The zero-order valence-corrected chi connectivity index (χ0v) is 23.6. The first-order chi connectivity index (χ1) is 14.3. The van der Waals surface area contributed by atoms with E-state index in [1.165, 1.54) is 77.0 Å². The molecular weight excluding hydrogens is 374 g/mol. The summed E-state index contributed by atoms with van der Waals surface area (Å²) in [6.07, 6.45) is 16.5. The van der Waals surface area contributed by atoms with Gasteiger partial charge in [-0.3, -0.25) is 0 Å². The highest BCUT2D eigenvalue weighted by Gasteiger charge is 2.61. The van der Waals surface area contributed by atoms with Crippen LogP contribution < -0.4 is 5.32 Å². The first-order valence-electron chi connectivity index (χ1n) is 14.0. The second-order valence-corrected chi connectivity index (χ2v) is 13.4. The quantitative estimate of drug-likeness (QED) is 0.361. The average molecular weight is 434 g/mol. The van der Waals surface area contributed by atoms with Crippen LogP contribution in [0.5, 0.6) is 0 Å². The molecule has 0 aromatic heterocycles. The third-order valence-corrected chi connectivity index (χ3v) is 12.3. The summed E-state index contributed by atoms with van der Waals surface area (Å²) in [5.74, 6) is 0. The second-order valence-electron chi connectivity index (χ2n) is 13.4. The summed E-state index contributed by atoms with van der Waals surface area (Å²) < 4.78 is 0. The van der Waals surface area contributed by atoms with Gasteiger partial charge in [-0.25, -0.2) is 0 Å². The molecule has 31 heavy (non-hydrogen) atoms. The summed E-state index contributed by atoms with van der Waals surface area (Å²) in [5.41, 5.74) is 2.37. The van der Waals surface area contributed by atoms with Gasteiger partial charge in [-0.05, 0) is 112 Å². The van der Waals surface area contributed by atoms with E-state index < -0.39 is 0 Å². The summed E-state index contributed by atoms with van der Waals surface area (Å²) in [6, 6.07) is 0.579. The highest BCUT2D eigenvalue weighted by Crippen LogP contribution is 2.69. The normalized spacial score (nSPS) is 32.6. The molecule has 0 saturated heterocycles. The van der Waals surface area contributed by atoms with E-state index in [-0.39, 0.29) is 5.54 Å². The van der Waals surface area contributed by atoms with Crippen LogP contribution in [-0.4, -0.2) is 11.6 Å². The molecule has 0 aromatic rings. The van der Waals surface area contributed by atoms with Crippen molar-refractivity contribution in [2.45, 2.75) is 165 Å². The Kier molecular flexibility index (Phi) is 8.17. The maximum absolute atomic E-state index is 4.08. The van der Waals surface area contributed by atoms with E-state index in [1.807, 2.05) is 0 Å². The van der Waals surface area contributed by atoms with Crippen LogP contribution in [0.15, 0.2) is 0 Å². The molecule has 1 N–H and O–H groups in total. The molecule has 1 nitrogen and oxygen atoms in total. The number of hydrogen-bond acceptors (Lipinski definition) is 1. The Bertz CT molecular complexity index is 569. The van der Waals surface area contributed by atoms with Crippen LogP contribution in [0.2, 0.25) is 0 Å². The molecule has 184 valence electrons. The van der Waals surface area contributed by atoms with Crippen LogP contribution in [0.4, 0.5) is 0 Å². The van der Waals surface area contributed by atoms with Crippen molar-refractivity contribution in [1.82, 2.24) is 5.32 Å². The Hall–Kier alpha value is -0.0400. The lowest BCUT2D eigenvalue weighted by atomic mass is 9.41. The second kappa shape index (κ2) is 9.31. The van der Waals surface area contributed by atoms with Gasteiger partial charge in [0.05, 0.1) is 0 Å². The molecule has 2 fully saturated rings. The van der Waals surface area contributed by atoms with Gasteiger partial charge in [0, 0.05) is 11.6 Å². The summed E-state index contributed by atoms with van der Waals surface area (Å²) in [4.78, 5) is 0. The first kappa shape index (κ1) is 27.2. The van der Waals surface area contributed by atoms with Crippen LogP contribution in [-0.2, 0) is 0 Å². The van der Waals surface area contributed by atoms with Gasteiger partial charge in [-0.2, -0.15) is 0 Å². The molecular formula is C30H59N. The minimum absolute atomic E-state index is 0.153. The maximum Gasteiger partial charge on any atom is 0.0188 e. The van der Waals surface area contributed by atoms with E-state index >= 15 is 0 Å². The Morgan fingerprint density at radius 2 is 1.10 bits per heavy atom. The fourth-order valence-electron chi connectivity index (χ4n) is 9.27. The fraction of sp³-hybridized carbons (Fsp3) is 1.00. The molecule has 0 radical (unpaired) electrons. The van der Waals surface area contributed by atoms with Crippen LogP contribution in [0.25, 0.3) is 0 Å². The predicted octanol–water partition coefficient (Wildman–Crippen LogP) is 9.54. The zero-order valence-electron chi connectivity index (χ0n) is 23.6. The maximum atomic E-state index is 4.08. The topological polar surface area (TPSA) is 12.0 Å². The Morgan fingerprint density at radius 1 is 0.677 bits per heavy atom. The molecule has 0 bridgehead atoms. The van der Waals surface area contributed by atoms with E-state index in [0.29, 0.717) is 33.1 Å². The molecule has 2 saturated carbocycles. The van der Waals surface area contributed by atoms with Crippen molar-refractivity contribution in [2.24, 2.45) is 27.1 Å². The van der Waals surface area contributed by atoms with Gasteiger partial charge in [-0.15, -0.1) is 0 Å². The largest absolute Gasteiger partial charge is 0.309 e. The van der Waals surface area contributed by atoms with Crippen LogP contribution in [0.1, 0.15) is 153 Å². The van der Waals surface area contributed by atoms with Crippen LogP contribution in [0.3, 0.4) is 0 Å². The third kappa shape index (κ3) is 4.17. The monoisotopic (exact) mass is 433 g/mol. The van der Waals surface area contributed by atoms with Gasteiger partial charge in [0.1, 0.15) is 0 Å². The van der Waals surface area contributed by atoms with Crippen molar-refractivity contribution in [3.63, 3.8) is 0 Å². The van der Waals surface area contributed by atoms with Crippen molar-refractivity contribution in [3.05, 3.63) is 0 Å². The third-order valence-electron chi connectivity index (χ3n) is 12.3. The highest BCUT2D eigenvalue weighted by atomic mass is 15.0. The summed E-state index contributed by atoms with van der Waals surface area (Å²) in [5, 5.41) is 4.08. The molecule has 0 spiro atoms. The number of rotatable bonds is 10. The van der Waals surface area contributed by atoms with E-state index in [4.69, 9.17) is 0 Å². The van der Waals surface area contributed by atoms with Gasteiger partial charge in [0.25, 0.3) is 0 Å². The van der Waals surface area contributed by atoms with E-state index in [2.05, 4.69) is 81.5 Å². The predicted molar refractivity (Wildman–Crippen MR) is 140 cm³/mol. The number of hydrogen-bond donors (Lipinski definition) is 1. The Balaban J connectivity index is 2.35. The van der Waals surface area contributed by atoms with Gasteiger partial charge in [0.15, 0.2) is 0 Å². The van der Waals surface area contributed by atoms with Crippen LogP contribution >= 0.6 is 0 Å². The lowest BCUT2D eigenvalue weighted by Crippen LogP contribution is -2.63. The molecule has 2 rings (SSSR count). The van der Waals surface area contributed by atoms with Gasteiger partial charge < -0.3 is 5.32 Å². The molecule has 1 heteroatoms. The summed E-state index contributed by atoms with van der Waals surface area (Å²) in [7, 11) is 0. The molecule has 0 amide bonds. The van der Waals surface area contributed by atoms with Crippen molar-refractivity contribution >= 4 is 0 Å². The van der Waals surface area contributed by atoms with Crippen molar-refractivity contribution < 1.29 is 0 Å². The summed E-state index contributed by atoms with van der Waals surface area (Å²) >= 11 is 0. The van der Waals surface area contributed by atoms with Gasteiger partial charge in [0.2, 0.25) is 0 Å². The first-order valence-corrected chi connectivity index (χ1v) is 14.0. The zero-order chi connectivity index (χ0) is 23.8. The molecule has 2 aliphatic rings. The average Bonchev–Trinajstić information content (AvgIpc) is 3.18. The van der Waals surface area contributed by atoms with Crippen molar-refractivity contribution in [2.75, 3.05) is 0 Å². The molecule has 2 unspecified atom stereocenters. The van der Waals surface area contributed by atoms with Crippen molar-refractivity contribution in [1.29, 1.82) is 0 Å². The minimum Gasteiger partial charge on any atom is -0.309 e. The molecule has 0 aliphatic heterocycles. The van der Waals surface area contributed by atoms with Crippen molar-refractivity contribution in [3.8, 4) is 0 Å². The lowest BCUT2D eigenvalue weighted by molar-refractivity contribution is -0.136. The summed E-state index contributed by atoms with van der Waals surface area (Å²) in [6.45, 7) is 27.8. The van der Waals surface area contributed by atoms with Gasteiger partial charge in [-0.1, -0.05) is 68.2 Å². The minimum atomic E-state index is 0.153. The number of nitrogens with one attached hydrogen (secondary N) is 1. The molecule has 0 aromatic carbocycles. The SMILES string of the molecule is CCC(C)NC(C)(C)C(CC)(CC)C1(C)CCC(C)(C(C)(CC)C2(C)CCCC2)CC1.